The van der Waals surface area contributed by atoms with Gasteiger partial charge in [0.1, 0.15) is 0 Å². The fraction of sp³-hybridized carbons (Fsp3) is 0.564. The maximum atomic E-state index is 12.9. The van der Waals surface area contributed by atoms with Gasteiger partial charge >= 0.3 is 0 Å². The Morgan fingerprint density at radius 2 is 1.08 bits per heavy atom. The third-order valence-corrected chi connectivity index (χ3v) is 15.4. The third kappa shape index (κ3) is 12.5. The number of hydrogen-bond donors (Lipinski definition) is 2. The summed E-state index contributed by atoms with van der Waals surface area (Å²) in [5, 5.41) is 2.45. The van der Waals surface area contributed by atoms with E-state index < -0.39 is 0 Å². The first-order chi connectivity index (χ1) is 31.3. The Hall–Kier alpha value is -4.48. The number of nitrogens with zero attached hydrogens (tertiary/aromatic N) is 6. The van der Waals surface area contributed by atoms with Gasteiger partial charge < -0.3 is 34.5 Å². The predicted octanol–water partition coefficient (Wildman–Crippen LogP) is 9.77. The highest BCUT2D eigenvalue weighted by atomic mass is 16.2. The monoisotopic (exact) mass is 887 g/mol. The number of aromatic amines is 2. The first kappa shape index (κ1) is 49.9. The van der Waals surface area contributed by atoms with Crippen LogP contribution in [0.25, 0.3) is 21.8 Å². The summed E-state index contributed by atoms with van der Waals surface area (Å²) in [6, 6.07) is 27.6. The van der Waals surface area contributed by atoms with Crippen molar-refractivity contribution >= 4 is 33.6 Å². The molecule has 5 aromatic rings. The van der Waals surface area contributed by atoms with E-state index >= 15 is 0 Å². The highest BCUT2D eigenvalue weighted by molar-refractivity contribution is 5.86. The lowest BCUT2D eigenvalue weighted by atomic mass is 9.80. The van der Waals surface area contributed by atoms with Crippen LogP contribution in [0.3, 0.4) is 0 Å². The van der Waals surface area contributed by atoms with Gasteiger partial charge in [-0.25, -0.2) is 0 Å². The molecule has 2 saturated heterocycles. The van der Waals surface area contributed by atoms with Crippen LogP contribution in [0, 0.1) is 0 Å². The number of amides is 2. The molecule has 2 fully saturated rings. The predicted molar refractivity (Wildman–Crippen MR) is 272 cm³/mol. The first-order valence-corrected chi connectivity index (χ1v) is 24.7. The molecule has 4 heterocycles. The van der Waals surface area contributed by atoms with Gasteiger partial charge in [0.2, 0.25) is 11.8 Å². The number of rotatable bonds is 19. The van der Waals surface area contributed by atoms with Crippen molar-refractivity contribution in [1.82, 2.24) is 39.4 Å². The Morgan fingerprint density at radius 1 is 0.600 bits per heavy atom. The summed E-state index contributed by atoms with van der Waals surface area (Å²) < 4.78 is 0. The van der Waals surface area contributed by atoms with Crippen molar-refractivity contribution in [3.8, 4) is 0 Å². The second-order valence-corrected chi connectivity index (χ2v) is 20.0. The van der Waals surface area contributed by atoms with Crippen LogP contribution in [0.5, 0.6) is 0 Å². The highest BCUT2D eigenvalue weighted by Gasteiger charge is 2.38. The molecule has 2 amide bonds. The molecule has 2 aliphatic rings. The molecule has 0 aliphatic carbocycles. The van der Waals surface area contributed by atoms with Crippen molar-refractivity contribution in [3.63, 3.8) is 0 Å². The molecule has 3 aromatic carbocycles. The molecule has 0 saturated carbocycles. The molecular formula is C55H82N8O2. The van der Waals surface area contributed by atoms with Crippen molar-refractivity contribution < 1.29 is 9.59 Å². The van der Waals surface area contributed by atoms with Gasteiger partial charge in [-0.05, 0) is 127 Å². The van der Waals surface area contributed by atoms with Crippen molar-refractivity contribution in [1.29, 1.82) is 0 Å². The minimum absolute atomic E-state index is 0.128. The van der Waals surface area contributed by atoms with E-state index in [1.165, 1.54) is 59.6 Å². The van der Waals surface area contributed by atoms with Crippen molar-refractivity contribution in [2.24, 2.45) is 0 Å². The number of likely N-dealkylation sites (N-methyl/N-ethyl adjacent to an activating group) is 1. The molecule has 0 bridgehead atoms. The number of aromatic nitrogens is 2. The van der Waals surface area contributed by atoms with E-state index in [1.807, 2.05) is 36.0 Å². The van der Waals surface area contributed by atoms with Gasteiger partial charge in [0, 0.05) is 105 Å². The van der Waals surface area contributed by atoms with E-state index in [0.29, 0.717) is 18.4 Å². The Balaban J connectivity index is 0.000000216. The molecule has 7 rings (SSSR count). The van der Waals surface area contributed by atoms with Crippen LogP contribution in [-0.4, -0.2) is 151 Å². The number of fused-ring (bicyclic) bond motifs is 2. The quantitative estimate of drug-likeness (QED) is 0.0860. The number of carbonyl (C=O) groups excluding carboxylic acids is 2. The van der Waals surface area contributed by atoms with Crippen LogP contribution in [0.15, 0.2) is 91.3 Å². The Morgan fingerprint density at radius 3 is 1.58 bits per heavy atom. The van der Waals surface area contributed by atoms with Crippen LogP contribution < -0.4 is 0 Å². The van der Waals surface area contributed by atoms with Crippen molar-refractivity contribution in [2.45, 2.75) is 108 Å². The van der Waals surface area contributed by atoms with Gasteiger partial charge in [0.15, 0.2) is 0 Å². The molecule has 2 N–H and O–H groups in total. The number of carbonyl (C=O) groups is 2. The Kier molecular flexibility index (Phi) is 17.9. The molecule has 10 nitrogen and oxygen atoms in total. The number of H-pyrrole nitrogens is 2. The van der Waals surface area contributed by atoms with Gasteiger partial charge in [-0.3, -0.25) is 14.5 Å². The van der Waals surface area contributed by atoms with Crippen LogP contribution >= 0.6 is 0 Å². The van der Waals surface area contributed by atoms with E-state index in [1.54, 1.807) is 0 Å². The van der Waals surface area contributed by atoms with Gasteiger partial charge in [-0.2, -0.15) is 0 Å². The number of unbranched alkanes of at least 4 members (excludes halogenated alkanes) is 1. The molecule has 354 valence electrons. The summed E-state index contributed by atoms with van der Waals surface area (Å²) in [5.41, 5.74) is 6.66. The number of benzene rings is 3. The van der Waals surface area contributed by atoms with Crippen LogP contribution in [0.4, 0.5) is 0 Å². The first-order valence-electron chi connectivity index (χ1n) is 24.7. The zero-order chi connectivity index (χ0) is 46.6. The fourth-order valence-corrected chi connectivity index (χ4v) is 10.6. The molecule has 2 atom stereocenters. The zero-order valence-corrected chi connectivity index (χ0v) is 41.5. The van der Waals surface area contributed by atoms with Crippen molar-refractivity contribution in [2.75, 3.05) is 94.6 Å². The number of likely N-dealkylation sites (tertiary alicyclic amines) is 2. The third-order valence-electron chi connectivity index (χ3n) is 15.4. The second kappa shape index (κ2) is 23.3. The SMILES string of the molecule is CC(CC(=O)N(C)CCCN1CCC(c2ccccc2)(N(C)C)CC1)c1c[nH]c2ccccc12.CCCCC1(N(C)C)CCN(CCN(C)C(=O)CC(C)c2c[nH]c3ccccc23)CC1. The minimum atomic E-state index is 0.128. The standard InChI is InChI=1S/C29H40N4O.C26H42N4O/c1-23(26-22-30-27-14-9-8-13-25(26)27)21-28(34)32(4)17-10-18-33-19-15-29(16-20-33,31(2)3)24-11-6-5-7-12-24;1-6-7-12-26(28(3)4)13-15-30(16-14-26)18-17-29(5)25(31)19-21(2)23-20-27-24-11-9-8-10-22(23)24/h5-9,11-14,22-23,30H,10,15-21H2,1-4H3;8-11,20-21,27H,6-7,12-19H2,1-5H3. The molecule has 0 spiro atoms. The summed E-state index contributed by atoms with van der Waals surface area (Å²) in [6.07, 6.45) is 14.9. The molecule has 2 aliphatic heterocycles. The summed E-state index contributed by atoms with van der Waals surface area (Å²) in [4.78, 5) is 46.2. The molecule has 2 aromatic heterocycles. The smallest absolute Gasteiger partial charge is 0.222 e. The number of hydrogen-bond acceptors (Lipinski definition) is 6. The average molecular weight is 887 g/mol. The van der Waals surface area contributed by atoms with Gasteiger partial charge in [-0.15, -0.1) is 0 Å². The van der Waals surface area contributed by atoms with E-state index in [0.717, 1.165) is 82.7 Å². The fourth-order valence-electron chi connectivity index (χ4n) is 10.6. The normalized spacial score (nSPS) is 17.5. The van der Waals surface area contributed by atoms with E-state index in [4.69, 9.17) is 0 Å². The van der Waals surface area contributed by atoms with Crippen molar-refractivity contribution in [3.05, 3.63) is 108 Å². The summed E-state index contributed by atoms with van der Waals surface area (Å²) in [7, 11) is 12.8. The van der Waals surface area contributed by atoms with E-state index in [-0.39, 0.29) is 29.2 Å². The Labute approximate surface area is 391 Å². The van der Waals surface area contributed by atoms with Gasteiger partial charge in [-0.1, -0.05) is 100 Å². The van der Waals surface area contributed by atoms with Gasteiger partial charge in [0.25, 0.3) is 0 Å². The molecule has 2 unspecified atom stereocenters. The average Bonchev–Trinajstić information content (AvgIpc) is 3.96. The van der Waals surface area contributed by atoms with E-state index in [2.05, 4.69) is 158 Å². The number of nitrogens with one attached hydrogen (secondary N) is 2. The number of piperidine rings is 2. The lowest BCUT2D eigenvalue weighted by Gasteiger charge is -2.46. The maximum absolute atomic E-state index is 12.9. The van der Waals surface area contributed by atoms with Crippen LogP contribution in [0.2, 0.25) is 0 Å². The Bertz CT molecular complexity index is 2210. The largest absolute Gasteiger partial charge is 0.361 e. The summed E-state index contributed by atoms with van der Waals surface area (Å²) >= 11 is 0. The number of para-hydroxylation sites is 2. The lowest BCUT2D eigenvalue weighted by molar-refractivity contribution is -0.131. The summed E-state index contributed by atoms with van der Waals surface area (Å²) in [5.74, 6) is 0.873. The van der Waals surface area contributed by atoms with Crippen LogP contribution in [0.1, 0.15) is 114 Å². The highest BCUT2D eigenvalue weighted by Crippen LogP contribution is 2.38. The summed E-state index contributed by atoms with van der Waals surface area (Å²) in [6.45, 7) is 14.7. The molecule has 65 heavy (non-hydrogen) atoms. The van der Waals surface area contributed by atoms with E-state index in [9.17, 15) is 9.59 Å². The minimum Gasteiger partial charge on any atom is -0.361 e. The van der Waals surface area contributed by atoms with Gasteiger partial charge in [0.05, 0.1) is 0 Å². The molecule has 10 heteroatoms. The second-order valence-electron chi connectivity index (χ2n) is 20.0. The van der Waals surface area contributed by atoms with Crippen LogP contribution in [-0.2, 0) is 15.1 Å². The molecular weight excluding hydrogens is 805 g/mol. The maximum Gasteiger partial charge on any atom is 0.222 e. The zero-order valence-electron chi connectivity index (χ0n) is 41.5. The molecule has 0 radical (unpaired) electrons. The lowest BCUT2D eigenvalue weighted by Crippen LogP contribution is -2.53. The topological polar surface area (TPSA) is 85.2 Å².